The van der Waals surface area contributed by atoms with Crippen LogP contribution in [0.15, 0.2) is 48.8 Å². The zero-order valence-corrected chi connectivity index (χ0v) is 14.0. The summed E-state index contributed by atoms with van der Waals surface area (Å²) in [5, 5.41) is 2.65. The van der Waals surface area contributed by atoms with Crippen molar-refractivity contribution in [1.29, 1.82) is 0 Å². The third-order valence-corrected chi connectivity index (χ3v) is 2.95. The largest absolute Gasteiger partial charge is 0.494 e. The average Bonchev–Trinajstić information content (AvgIpc) is 2.65. The van der Waals surface area contributed by atoms with E-state index in [2.05, 4.69) is 22.1 Å². The number of nitrogens with one attached hydrogen (secondary N) is 1. The van der Waals surface area contributed by atoms with Crippen molar-refractivity contribution < 1.29 is 19.0 Å². The van der Waals surface area contributed by atoms with Gasteiger partial charge in [-0.3, -0.25) is 9.78 Å². The number of rotatable bonds is 8. The highest BCUT2D eigenvalue weighted by Gasteiger charge is 2.01. The van der Waals surface area contributed by atoms with E-state index in [1.54, 1.807) is 48.8 Å². The van der Waals surface area contributed by atoms with Crippen LogP contribution in [0, 0.1) is 11.8 Å². The van der Waals surface area contributed by atoms with Crippen molar-refractivity contribution >= 4 is 5.91 Å². The molecule has 1 aromatic carbocycles. The zero-order chi connectivity index (χ0) is 17.7. The van der Waals surface area contributed by atoms with E-state index in [9.17, 15) is 4.79 Å². The highest BCUT2D eigenvalue weighted by Crippen LogP contribution is 2.17. The molecule has 0 atom stereocenters. The van der Waals surface area contributed by atoms with Crippen LogP contribution in [-0.4, -0.2) is 37.3 Å². The molecule has 25 heavy (non-hydrogen) atoms. The normalized spacial score (nSPS) is 9.48. The van der Waals surface area contributed by atoms with Crippen molar-refractivity contribution in [3.05, 3.63) is 48.8 Å². The van der Waals surface area contributed by atoms with Crippen molar-refractivity contribution in [2.45, 2.75) is 6.92 Å². The van der Waals surface area contributed by atoms with Gasteiger partial charge < -0.3 is 19.5 Å². The third-order valence-electron chi connectivity index (χ3n) is 2.95. The molecule has 1 amide bonds. The standard InChI is InChI=1S/C19H20N2O4/c1-2-23-16-7-9-17(10-8-16)25-15-19(22)21-12-3-4-13-24-18-6-5-11-20-14-18/h5-11,14H,2,12-13,15H2,1H3,(H,21,22). The summed E-state index contributed by atoms with van der Waals surface area (Å²) in [5.41, 5.74) is 0. The Morgan fingerprint density at radius 1 is 1.04 bits per heavy atom. The molecule has 130 valence electrons. The highest BCUT2D eigenvalue weighted by atomic mass is 16.5. The van der Waals surface area contributed by atoms with Crippen LogP contribution in [0.2, 0.25) is 0 Å². The second-order valence-corrected chi connectivity index (χ2v) is 4.80. The molecule has 0 radical (unpaired) electrons. The van der Waals surface area contributed by atoms with Gasteiger partial charge in [-0.15, -0.1) is 0 Å². The van der Waals surface area contributed by atoms with Gasteiger partial charge in [0.25, 0.3) is 5.91 Å². The quantitative estimate of drug-likeness (QED) is 0.745. The third kappa shape index (κ3) is 7.27. The number of ether oxygens (including phenoxy) is 3. The molecule has 6 nitrogen and oxygen atoms in total. The summed E-state index contributed by atoms with van der Waals surface area (Å²) in [6, 6.07) is 10.7. The first kappa shape index (κ1) is 18.1. The summed E-state index contributed by atoms with van der Waals surface area (Å²) in [6.45, 7) is 2.94. The first-order chi connectivity index (χ1) is 12.3. The Labute approximate surface area is 147 Å². The van der Waals surface area contributed by atoms with Crippen LogP contribution >= 0.6 is 0 Å². The fourth-order valence-electron chi connectivity index (χ4n) is 1.81. The molecule has 0 saturated carbocycles. The van der Waals surface area contributed by atoms with Gasteiger partial charge in [0.15, 0.2) is 6.61 Å². The SMILES string of the molecule is CCOc1ccc(OCC(=O)NCC#CCOc2cccnc2)cc1. The summed E-state index contributed by atoms with van der Waals surface area (Å²) in [7, 11) is 0. The van der Waals surface area contributed by atoms with E-state index in [0.29, 0.717) is 18.1 Å². The minimum Gasteiger partial charge on any atom is -0.494 e. The van der Waals surface area contributed by atoms with Gasteiger partial charge in [0.05, 0.1) is 19.3 Å². The molecule has 0 aliphatic heterocycles. The number of pyridine rings is 1. The lowest BCUT2D eigenvalue weighted by molar-refractivity contribution is -0.122. The predicted molar refractivity (Wildman–Crippen MR) is 93.6 cm³/mol. The topological polar surface area (TPSA) is 69.7 Å². The van der Waals surface area contributed by atoms with E-state index in [-0.39, 0.29) is 25.7 Å². The van der Waals surface area contributed by atoms with E-state index >= 15 is 0 Å². The highest BCUT2D eigenvalue weighted by molar-refractivity contribution is 5.77. The lowest BCUT2D eigenvalue weighted by Gasteiger charge is -2.07. The zero-order valence-electron chi connectivity index (χ0n) is 14.0. The Kier molecular flexibility index (Phi) is 7.66. The first-order valence-corrected chi connectivity index (χ1v) is 7.89. The molecule has 0 fully saturated rings. The lowest BCUT2D eigenvalue weighted by Crippen LogP contribution is -2.29. The molecule has 0 saturated heterocycles. The number of aromatic nitrogens is 1. The van der Waals surface area contributed by atoms with Gasteiger partial charge in [0, 0.05) is 6.20 Å². The first-order valence-electron chi connectivity index (χ1n) is 7.89. The average molecular weight is 340 g/mol. The van der Waals surface area contributed by atoms with E-state index in [1.807, 2.05) is 6.92 Å². The minimum absolute atomic E-state index is 0.0676. The van der Waals surface area contributed by atoms with E-state index < -0.39 is 0 Å². The van der Waals surface area contributed by atoms with Crippen molar-refractivity contribution in [3.63, 3.8) is 0 Å². The fourth-order valence-corrected chi connectivity index (χ4v) is 1.81. The predicted octanol–water partition coefficient (Wildman–Crippen LogP) is 2.06. The van der Waals surface area contributed by atoms with Crippen LogP contribution in [0.25, 0.3) is 0 Å². The Morgan fingerprint density at radius 2 is 1.80 bits per heavy atom. The second-order valence-electron chi connectivity index (χ2n) is 4.80. The van der Waals surface area contributed by atoms with Crippen LogP contribution in [0.5, 0.6) is 17.2 Å². The molecule has 0 bridgehead atoms. The Morgan fingerprint density at radius 3 is 2.48 bits per heavy atom. The molecular weight excluding hydrogens is 320 g/mol. The maximum atomic E-state index is 11.7. The summed E-state index contributed by atoms with van der Waals surface area (Å²) in [5.74, 6) is 7.41. The van der Waals surface area contributed by atoms with Crippen LogP contribution in [0.3, 0.4) is 0 Å². The van der Waals surface area contributed by atoms with Gasteiger partial charge in [-0.05, 0) is 43.3 Å². The van der Waals surface area contributed by atoms with Crippen LogP contribution < -0.4 is 19.5 Å². The van der Waals surface area contributed by atoms with Gasteiger partial charge in [-0.2, -0.15) is 0 Å². The summed E-state index contributed by atoms with van der Waals surface area (Å²) in [4.78, 5) is 15.6. The maximum Gasteiger partial charge on any atom is 0.258 e. The second kappa shape index (κ2) is 10.6. The van der Waals surface area contributed by atoms with E-state index in [1.165, 1.54) is 0 Å². The van der Waals surface area contributed by atoms with Gasteiger partial charge in [-0.25, -0.2) is 0 Å². The molecule has 2 rings (SSSR count). The Balaban J connectivity index is 1.60. The monoisotopic (exact) mass is 340 g/mol. The van der Waals surface area contributed by atoms with Crippen LogP contribution in [-0.2, 0) is 4.79 Å². The molecule has 0 spiro atoms. The van der Waals surface area contributed by atoms with Gasteiger partial charge >= 0.3 is 0 Å². The van der Waals surface area contributed by atoms with Crippen molar-refractivity contribution in [3.8, 4) is 29.1 Å². The number of carbonyl (C=O) groups is 1. The number of benzene rings is 1. The van der Waals surface area contributed by atoms with Crippen LogP contribution in [0.1, 0.15) is 6.92 Å². The molecular formula is C19H20N2O4. The molecule has 0 aliphatic carbocycles. The number of hydrogen-bond acceptors (Lipinski definition) is 5. The number of carbonyl (C=O) groups excluding carboxylic acids is 1. The molecule has 2 aromatic rings. The van der Waals surface area contributed by atoms with Crippen molar-refractivity contribution in [1.82, 2.24) is 10.3 Å². The fraction of sp³-hybridized carbons (Fsp3) is 0.263. The van der Waals surface area contributed by atoms with Gasteiger partial charge in [-0.1, -0.05) is 11.8 Å². The van der Waals surface area contributed by atoms with Crippen molar-refractivity contribution in [2.75, 3.05) is 26.4 Å². The molecule has 0 unspecified atom stereocenters. The Bertz CT molecular complexity index is 706. The summed E-state index contributed by atoms with van der Waals surface area (Å²) in [6.07, 6.45) is 3.28. The molecule has 1 N–H and O–H groups in total. The smallest absolute Gasteiger partial charge is 0.258 e. The molecule has 6 heteroatoms. The van der Waals surface area contributed by atoms with Crippen molar-refractivity contribution in [2.24, 2.45) is 0 Å². The lowest BCUT2D eigenvalue weighted by atomic mass is 10.3. The summed E-state index contributed by atoms with van der Waals surface area (Å²) >= 11 is 0. The van der Waals surface area contributed by atoms with E-state index in [0.717, 1.165) is 5.75 Å². The maximum absolute atomic E-state index is 11.7. The number of amides is 1. The number of nitrogens with zero attached hydrogens (tertiary/aromatic N) is 1. The number of hydrogen-bond donors (Lipinski definition) is 1. The molecule has 0 aliphatic rings. The Hall–Kier alpha value is -3.20. The summed E-state index contributed by atoms with van der Waals surface area (Å²) < 4.78 is 16.1. The van der Waals surface area contributed by atoms with Gasteiger partial charge in [0.2, 0.25) is 0 Å². The van der Waals surface area contributed by atoms with Gasteiger partial charge in [0.1, 0.15) is 23.9 Å². The molecule has 1 heterocycles. The molecule has 1 aromatic heterocycles. The van der Waals surface area contributed by atoms with E-state index in [4.69, 9.17) is 14.2 Å². The van der Waals surface area contributed by atoms with Crippen LogP contribution in [0.4, 0.5) is 0 Å². The minimum atomic E-state index is -0.239.